The van der Waals surface area contributed by atoms with Gasteiger partial charge in [0.15, 0.2) is 0 Å². The highest BCUT2D eigenvalue weighted by molar-refractivity contribution is 7.88. The van der Waals surface area contributed by atoms with Gasteiger partial charge in [-0.3, -0.25) is 4.79 Å². The summed E-state index contributed by atoms with van der Waals surface area (Å²) in [6.45, 7) is 14.0. The molecule has 0 aliphatic rings. The summed E-state index contributed by atoms with van der Waals surface area (Å²) >= 11 is 0. The zero-order valence-electron chi connectivity index (χ0n) is 44.2. The molecule has 0 amide bonds. The summed E-state index contributed by atoms with van der Waals surface area (Å²) in [4.78, 5) is 11.2. The van der Waals surface area contributed by atoms with E-state index in [0.717, 1.165) is 28.3 Å². The minimum absolute atomic E-state index is 0.0240. The van der Waals surface area contributed by atoms with Crippen molar-refractivity contribution < 1.29 is 98.2 Å². The number of aliphatic hydroxyl groups is 2. The number of aryl methyl sites for hydroxylation is 4. The van der Waals surface area contributed by atoms with E-state index in [1.165, 1.54) is 51.3 Å². The first kappa shape index (κ1) is 67.3. The first-order valence-electron chi connectivity index (χ1n) is 24.2. The highest BCUT2D eigenvalue weighted by Crippen LogP contribution is 2.47. The number of carbonyl (C=O) groups is 1. The molecule has 0 aliphatic heterocycles. The van der Waals surface area contributed by atoms with E-state index in [1.807, 2.05) is 39.0 Å². The second-order valence-electron chi connectivity index (χ2n) is 18.6. The fourth-order valence-electron chi connectivity index (χ4n) is 8.80. The maximum absolute atomic E-state index is 13.1. The standard InChI is InChI=1S/C31H34F6O3.C25H25F9O4S/c1-6-28(7-2,25-15-13-23(21(3)19-25)11-9-8-10-12-27(38)40-5)26-16-14-24(22(4)20-26)17-18-29(39,30(32,33)34)31(35,36)37;1-5-21(6-2,19-9-10-20(16(4)14-19)38-39(36,37)25(32,33)34)18-8-7-17(15(3)13-18)11-12-22(35,23(26,27)28)24(29,30)31/h13-20,39H,6-8,10,12H2,1-5H3;7-14,35H,5-6H2,1-4H3/b18-17+;12-11+. The fourth-order valence-corrected chi connectivity index (χ4v) is 9.31. The van der Waals surface area contributed by atoms with Crippen molar-refractivity contribution in [3.8, 4) is 17.6 Å². The minimum Gasteiger partial charge on any atom is -0.469 e. The predicted octanol–water partition coefficient (Wildman–Crippen LogP) is 15.5. The number of esters is 1. The first-order chi connectivity index (χ1) is 36.1. The van der Waals surface area contributed by atoms with Crippen LogP contribution in [0.2, 0.25) is 0 Å². The summed E-state index contributed by atoms with van der Waals surface area (Å²) in [6, 6.07) is 19.1. The van der Waals surface area contributed by atoms with E-state index in [-0.39, 0.29) is 40.4 Å². The van der Waals surface area contributed by atoms with Gasteiger partial charge in [-0.2, -0.15) is 74.3 Å². The topological polar surface area (TPSA) is 110 Å². The van der Waals surface area contributed by atoms with E-state index in [1.54, 1.807) is 39.0 Å². The van der Waals surface area contributed by atoms with Gasteiger partial charge in [0.05, 0.1) is 7.11 Å². The molecule has 0 atom stereocenters. The molecule has 0 spiro atoms. The fraction of sp³-hybridized carbons (Fsp3) is 0.446. The van der Waals surface area contributed by atoms with Gasteiger partial charge >= 0.3 is 46.3 Å². The Hall–Kier alpha value is -5.99. The number of unbranched alkanes of at least 4 members (excludes halogenated alkanes) is 1. The van der Waals surface area contributed by atoms with Crippen LogP contribution >= 0.6 is 0 Å². The van der Waals surface area contributed by atoms with Gasteiger partial charge in [0.25, 0.3) is 11.2 Å². The molecule has 0 fully saturated rings. The molecule has 2 N–H and O–H groups in total. The van der Waals surface area contributed by atoms with Crippen molar-refractivity contribution in [1.29, 1.82) is 0 Å². The van der Waals surface area contributed by atoms with Gasteiger partial charge in [-0.1, -0.05) is 112 Å². The van der Waals surface area contributed by atoms with Crippen LogP contribution in [0.15, 0.2) is 84.9 Å². The first-order valence-corrected chi connectivity index (χ1v) is 25.6. The summed E-state index contributed by atoms with van der Waals surface area (Å²) in [6.07, 6.45) is -19.6. The number of hydrogen-bond acceptors (Lipinski definition) is 7. The number of alkyl halides is 15. The molecule has 0 heterocycles. The summed E-state index contributed by atoms with van der Waals surface area (Å²) in [5, 5.41) is 18.8. The second-order valence-corrected chi connectivity index (χ2v) is 20.2. The summed E-state index contributed by atoms with van der Waals surface area (Å²) in [7, 11) is -4.55. The molecule has 436 valence electrons. The lowest BCUT2D eigenvalue weighted by Gasteiger charge is -2.34. The van der Waals surface area contributed by atoms with E-state index in [9.17, 15) is 89.3 Å². The zero-order chi connectivity index (χ0) is 60.6. The molecule has 0 saturated carbocycles. The van der Waals surface area contributed by atoms with E-state index in [2.05, 4.69) is 20.8 Å². The summed E-state index contributed by atoms with van der Waals surface area (Å²) in [5.41, 5.74) is -11.1. The summed E-state index contributed by atoms with van der Waals surface area (Å²) < 4.78 is 226. The van der Waals surface area contributed by atoms with Crippen LogP contribution in [0.3, 0.4) is 0 Å². The molecule has 79 heavy (non-hydrogen) atoms. The minimum atomic E-state index is -6.01. The molecule has 4 aromatic rings. The molecule has 0 unspecified atom stereocenters. The Labute approximate surface area is 448 Å². The van der Waals surface area contributed by atoms with Gasteiger partial charge in [-0.25, -0.2) is 0 Å². The van der Waals surface area contributed by atoms with Crippen molar-refractivity contribution in [2.24, 2.45) is 0 Å². The zero-order valence-corrected chi connectivity index (χ0v) is 45.0. The molecule has 7 nitrogen and oxygen atoms in total. The maximum Gasteiger partial charge on any atom is 0.534 e. The maximum atomic E-state index is 13.1. The lowest BCUT2D eigenvalue weighted by Crippen LogP contribution is -2.55. The molecular formula is C56H59F15O7S. The molecule has 0 bridgehead atoms. The predicted molar refractivity (Wildman–Crippen MR) is 268 cm³/mol. The van der Waals surface area contributed by atoms with E-state index in [4.69, 9.17) is 0 Å². The Bertz CT molecular complexity index is 2970. The Morgan fingerprint density at radius 3 is 1.22 bits per heavy atom. The third kappa shape index (κ3) is 14.9. The molecule has 0 saturated heterocycles. The van der Waals surface area contributed by atoms with E-state index < -0.39 is 68.1 Å². The van der Waals surface area contributed by atoms with Gasteiger partial charge in [0.1, 0.15) is 5.75 Å². The van der Waals surface area contributed by atoms with Crippen LogP contribution in [0.5, 0.6) is 5.75 Å². The van der Waals surface area contributed by atoms with Crippen molar-refractivity contribution >= 4 is 28.2 Å². The average Bonchev–Trinajstić information content (AvgIpc) is 3.36. The third-order valence-corrected chi connectivity index (χ3v) is 14.9. The van der Waals surface area contributed by atoms with Crippen LogP contribution in [-0.4, -0.2) is 73.1 Å². The van der Waals surface area contributed by atoms with Crippen LogP contribution in [-0.2, 0) is 30.5 Å². The van der Waals surface area contributed by atoms with Gasteiger partial charge in [0.2, 0.25) is 0 Å². The molecular weight excluding hydrogens is 1100 g/mol. The number of benzene rings is 4. The van der Waals surface area contributed by atoms with Crippen molar-refractivity contribution in [2.45, 2.75) is 153 Å². The SMILES string of the molecule is CCC(CC)(c1ccc(/C=C/C(O)(C(F)(F)F)C(F)(F)F)c(C)c1)c1ccc(OS(=O)(=O)C(F)(F)F)c(C)c1.CCC(CC)(c1ccc(C#CCCCC(=O)OC)c(C)c1)c1ccc(/C=C/C(O)(C(F)(F)F)C(F)(F)F)c(C)c1. The molecule has 0 aromatic heterocycles. The highest BCUT2D eigenvalue weighted by atomic mass is 32.2. The van der Waals surface area contributed by atoms with Crippen LogP contribution in [0.25, 0.3) is 12.2 Å². The van der Waals surface area contributed by atoms with E-state index >= 15 is 0 Å². The van der Waals surface area contributed by atoms with Gasteiger partial charge in [-0.05, 0) is 140 Å². The summed E-state index contributed by atoms with van der Waals surface area (Å²) in [5.74, 6) is 5.40. The molecule has 4 rings (SSSR count). The molecule has 0 aliphatic carbocycles. The average molecular weight is 1160 g/mol. The Balaban J connectivity index is 0.000000415. The molecule has 4 aromatic carbocycles. The number of ether oxygens (including phenoxy) is 1. The highest BCUT2D eigenvalue weighted by Gasteiger charge is 2.70. The quantitative estimate of drug-likeness (QED) is 0.0271. The lowest BCUT2D eigenvalue weighted by atomic mass is 9.69. The van der Waals surface area contributed by atoms with Gasteiger partial charge in [0, 0.05) is 29.2 Å². The monoisotopic (exact) mass is 1160 g/mol. The van der Waals surface area contributed by atoms with Crippen molar-refractivity contribution in [3.05, 3.63) is 146 Å². The Morgan fingerprint density at radius 1 is 0.544 bits per heavy atom. The van der Waals surface area contributed by atoms with Crippen molar-refractivity contribution in [1.82, 2.24) is 0 Å². The number of rotatable bonds is 17. The van der Waals surface area contributed by atoms with Crippen LogP contribution < -0.4 is 4.18 Å². The van der Waals surface area contributed by atoms with Crippen LogP contribution in [0.1, 0.15) is 134 Å². The second kappa shape index (κ2) is 25.2. The van der Waals surface area contributed by atoms with Crippen LogP contribution in [0, 0.1) is 39.5 Å². The largest absolute Gasteiger partial charge is 0.534 e. The normalized spacial score (nSPS) is 13.5. The van der Waals surface area contributed by atoms with Crippen molar-refractivity contribution in [3.63, 3.8) is 0 Å². The van der Waals surface area contributed by atoms with Gasteiger partial charge < -0.3 is 19.1 Å². The third-order valence-electron chi connectivity index (χ3n) is 13.9. The lowest BCUT2D eigenvalue weighted by molar-refractivity contribution is -0.348. The number of hydrogen-bond donors (Lipinski definition) is 2. The Morgan fingerprint density at radius 2 is 0.899 bits per heavy atom. The number of halogens is 15. The molecule has 23 heteroatoms. The van der Waals surface area contributed by atoms with Crippen molar-refractivity contribution in [2.75, 3.05) is 7.11 Å². The molecule has 0 radical (unpaired) electrons. The van der Waals surface area contributed by atoms with E-state index in [0.29, 0.717) is 73.8 Å². The number of methoxy groups -OCH3 is 1. The number of carbonyl (C=O) groups excluding carboxylic acids is 1. The van der Waals surface area contributed by atoms with Crippen LogP contribution in [0.4, 0.5) is 65.9 Å². The van der Waals surface area contributed by atoms with Gasteiger partial charge in [-0.15, -0.1) is 0 Å². The Kier molecular flexibility index (Phi) is 21.5. The smallest absolute Gasteiger partial charge is 0.469 e.